The van der Waals surface area contributed by atoms with Crippen LogP contribution in [0.2, 0.25) is 0 Å². The number of rotatable bonds is 6. The highest BCUT2D eigenvalue weighted by Gasteiger charge is 2.52. The van der Waals surface area contributed by atoms with Gasteiger partial charge in [0.15, 0.2) is 0 Å². The molecule has 1 spiro atoms. The van der Waals surface area contributed by atoms with E-state index in [4.69, 9.17) is 4.42 Å². The van der Waals surface area contributed by atoms with Crippen molar-refractivity contribution in [2.75, 3.05) is 4.90 Å². The average Bonchev–Trinajstić information content (AvgIpc) is 4.04. The topological polar surface area (TPSA) is 16.4 Å². The SMILES string of the molecule is c1ccc(N(c2ccc(-c3cccc4c3C3(c5ccccc5-c5ccccc53)c3ccccc3-4)cc2)c2ccc(-c3cccc4oc5ccccc5c34)cc2)c(-c2cccc3ccccc23)c1. The maximum absolute atomic E-state index is 6.31. The van der Waals surface area contributed by atoms with Gasteiger partial charge in [-0.15, -0.1) is 0 Å². The largest absolute Gasteiger partial charge is 0.456 e. The van der Waals surface area contributed by atoms with Crippen molar-refractivity contribution >= 4 is 49.8 Å². The molecule has 2 aliphatic rings. The summed E-state index contributed by atoms with van der Waals surface area (Å²) >= 11 is 0. The van der Waals surface area contributed by atoms with Gasteiger partial charge < -0.3 is 9.32 Å². The summed E-state index contributed by atoms with van der Waals surface area (Å²) in [5.41, 5.74) is 22.4. The molecule has 0 aliphatic heterocycles. The fourth-order valence-electron chi connectivity index (χ4n) is 11.8. The molecule has 12 aromatic rings. The second-order valence-electron chi connectivity index (χ2n) is 17.9. The van der Waals surface area contributed by atoms with Gasteiger partial charge in [-0.1, -0.05) is 206 Å². The first kappa shape index (κ1) is 37.6. The highest BCUT2D eigenvalue weighted by Crippen LogP contribution is 2.64. The number of hydrogen-bond acceptors (Lipinski definition) is 2. The molecule has 0 amide bonds. The number of benzene rings is 11. The van der Waals surface area contributed by atoms with Crippen LogP contribution in [0.1, 0.15) is 22.3 Å². The minimum Gasteiger partial charge on any atom is -0.456 e. The summed E-state index contributed by atoms with van der Waals surface area (Å²) < 4.78 is 6.31. The molecule has 0 bridgehead atoms. The Balaban J connectivity index is 0.946. The minimum atomic E-state index is -0.438. The van der Waals surface area contributed by atoms with Crippen LogP contribution in [0.3, 0.4) is 0 Å². The van der Waals surface area contributed by atoms with Gasteiger partial charge in [-0.05, 0) is 126 Å². The van der Waals surface area contributed by atoms with Crippen molar-refractivity contribution in [1.29, 1.82) is 0 Å². The van der Waals surface area contributed by atoms with E-state index in [0.717, 1.165) is 50.1 Å². The van der Waals surface area contributed by atoms with Crippen LogP contribution in [0.5, 0.6) is 0 Å². The van der Waals surface area contributed by atoms with Crippen molar-refractivity contribution in [1.82, 2.24) is 0 Å². The Morgan fingerprint density at radius 2 is 0.746 bits per heavy atom. The molecule has 0 saturated carbocycles. The summed E-state index contributed by atoms with van der Waals surface area (Å²) in [5.74, 6) is 0. The second-order valence-corrected chi connectivity index (χ2v) is 17.9. The number of hydrogen-bond donors (Lipinski definition) is 0. The molecule has 1 aromatic heterocycles. The van der Waals surface area contributed by atoms with Gasteiger partial charge in [-0.3, -0.25) is 0 Å². The first-order valence-electron chi connectivity index (χ1n) is 23.2. The van der Waals surface area contributed by atoms with Crippen molar-refractivity contribution in [2.45, 2.75) is 5.41 Å². The van der Waals surface area contributed by atoms with Gasteiger partial charge in [0.05, 0.1) is 11.1 Å². The summed E-state index contributed by atoms with van der Waals surface area (Å²) in [4.78, 5) is 2.43. The third kappa shape index (κ3) is 5.45. The van der Waals surface area contributed by atoms with Crippen LogP contribution in [0, 0.1) is 0 Å². The molecule has 0 atom stereocenters. The molecule has 0 N–H and O–H groups in total. The molecule has 11 aromatic carbocycles. The monoisotopic (exact) mass is 851 g/mol. The fourth-order valence-corrected chi connectivity index (χ4v) is 11.8. The molecule has 2 nitrogen and oxygen atoms in total. The summed E-state index contributed by atoms with van der Waals surface area (Å²) in [7, 11) is 0. The van der Waals surface area contributed by atoms with Crippen molar-refractivity contribution < 1.29 is 4.42 Å². The van der Waals surface area contributed by atoms with Crippen molar-refractivity contribution in [3.05, 3.63) is 271 Å². The van der Waals surface area contributed by atoms with Crippen molar-refractivity contribution in [2.24, 2.45) is 0 Å². The quantitative estimate of drug-likeness (QED) is 0.166. The first-order valence-corrected chi connectivity index (χ1v) is 23.2. The second kappa shape index (κ2) is 14.7. The Morgan fingerprint density at radius 1 is 0.299 bits per heavy atom. The van der Waals surface area contributed by atoms with E-state index < -0.39 is 5.41 Å². The molecule has 1 heterocycles. The number of furan rings is 1. The van der Waals surface area contributed by atoms with Gasteiger partial charge in [0.2, 0.25) is 0 Å². The molecule has 2 aliphatic carbocycles. The van der Waals surface area contributed by atoms with E-state index >= 15 is 0 Å². The van der Waals surface area contributed by atoms with Gasteiger partial charge in [-0.25, -0.2) is 0 Å². The van der Waals surface area contributed by atoms with Gasteiger partial charge in [0.25, 0.3) is 0 Å². The summed E-state index contributed by atoms with van der Waals surface area (Å²) in [6, 6.07) is 91.3. The van der Waals surface area contributed by atoms with E-state index in [-0.39, 0.29) is 0 Å². The van der Waals surface area contributed by atoms with Gasteiger partial charge in [0, 0.05) is 27.7 Å². The zero-order valence-electron chi connectivity index (χ0n) is 36.5. The van der Waals surface area contributed by atoms with Crippen LogP contribution in [0.4, 0.5) is 17.1 Å². The molecular formula is C65H41NO. The maximum Gasteiger partial charge on any atom is 0.136 e. The Labute approximate surface area is 389 Å². The van der Waals surface area contributed by atoms with Crippen LogP contribution < -0.4 is 4.90 Å². The van der Waals surface area contributed by atoms with E-state index in [1.165, 1.54) is 77.5 Å². The number of para-hydroxylation sites is 2. The predicted octanol–water partition coefficient (Wildman–Crippen LogP) is 17.6. The zero-order valence-corrected chi connectivity index (χ0v) is 36.5. The van der Waals surface area contributed by atoms with E-state index in [1.807, 2.05) is 12.1 Å². The smallest absolute Gasteiger partial charge is 0.136 e. The molecule has 14 rings (SSSR count). The van der Waals surface area contributed by atoms with Gasteiger partial charge in [0.1, 0.15) is 11.2 Å². The lowest BCUT2D eigenvalue weighted by molar-refractivity contribution is 0.669. The Morgan fingerprint density at radius 3 is 1.45 bits per heavy atom. The molecule has 312 valence electrons. The molecule has 0 radical (unpaired) electrons. The molecule has 0 unspecified atom stereocenters. The lowest BCUT2D eigenvalue weighted by Gasteiger charge is -2.32. The highest BCUT2D eigenvalue weighted by molar-refractivity contribution is 6.12. The number of fused-ring (bicyclic) bond motifs is 14. The van der Waals surface area contributed by atoms with E-state index in [0.29, 0.717) is 0 Å². The lowest BCUT2D eigenvalue weighted by atomic mass is 9.68. The molecular weight excluding hydrogens is 811 g/mol. The van der Waals surface area contributed by atoms with Crippen LogP contribution in [0.15, 0.2) is 253 Å². The van der Waals surface area contributed by atoms with Crippen LogP contribution in [0.25, 0.3) is 88.3 Å². The van der Waals surface area contributed by atoms with Crippen molar-refractivity contribution in [3.63, 3.8) is 0 Å². The molecule has 0 saturated heterocycles. The van der Waals surface area contributed by atoms with Crippen LogP contribution in [-0.2, 0) is 5.41 Å². The third-order valence-corrected chi connectivity index (χ3v) is 14.5. The Bertz CT molecular complexity index is 3860. The molecule has 0 fully saturated rings. The first-order chi connectivity index (χ1) is 33.3. The molecule has 2 heteroatoms. The standard InChI is InChI=1S/C65H41NO/c1-2-18-47-42(16-1)17-13-26-50(47)54-22-6-11-31-60(54)66(45-38-34-43(35-39-45)48-24-15-33-62-63(48)56-23-7-12-32-61(56)67-62)46-40-36-44(37-41-46)49-25-14-27-55-53-21-5-10-30-59(53)65(64(49)55)57-28-8-3-19-51(57)52-20-4-9-29-58(52)65/h1-41H. The van der Waals surface area contributed by atoms with Gasteiger partial charge >= 0.3 is 0 Å². The lowest BCUT2D eigenvalue weighted by Crippen LogP contribution is -2.26. The maximum atomic E-state index is 6.31. The van der Waals surface area contributed by atoms with Crippen molar-refractivity contribution in [3.8, 4) is 55.6 Å². The zero-order chi connectivity index (χ0) is 44.1. The molecule has 67 heavy (non-hydrogen) atoms. The minimum absolute atomic E-state index is 0.438. The summed E-state index contributed by atoms with van der Waals surface area (Å²) in [6.07, 6.45) is 0. The Kier molecular flexibility index (Phi) is 8.23. The number of nitrogens with zero attached hydrogens (tertiary/aromatic N) is 1. The van der Waals surface area contributed by atoms with Crippen LogP contribution in [-0.4, -0.2) is 0 Å². The number of anilines is 3. The van der Waals surface area contributed by atoms with E-state index in [2.05, 4.69) is 241 Å². The fraction of sp³-hybridized carbons (Fsp3) is 0.0154. The van der Waals surface area contributed by atoms with E-state index in [9.17, 15) is 0 Å². The summed E-state index contributed by atoms with van der Waals surface area (Å²) in [6.45, 7) is 0. The summed E-state index contributed by atoms with van der Waals surface area (Å²) in [5, 5.41) is 4.72. The third-order valence-electron chi connectivity index (χ3n) is 14.5. The van der Waals surface area contributed by atoms with Gasteiger partial charge in [-0.2, -0.15) is 0 Å². The highest BCUT2D eigenvalue weighted by atomic mass is 16.3. The predicted molar refractivity (Wildman–Crippen MR) is 279 cm³/mol. The average molecular weight is 852 g/mol. The Hall–Kier alpha value is -8.72. The normalized spacial score (nSPS) is 12.9. The van der Waals surface area contributed by atoms with Crippen LogP contribution >= 0.6 is 0 Å². The van der Waals surface area contributed by atoms with E-state index in [1.54, 1.807) is 0 Å².